The number of nitrogens with two attached hydrogens (primary N) is 2. The molecule has 1 heterocycles. The van der Waals surface area contributed by atoms with Crippen LogP contribution in [-0.4, -0.2) is 19.9 Å². The molecule has 0 aliphatic heterocycles. The topological polar surface area (TPSA) is 119 Å². The number of primary sulfonamides is 1. The number of hydrogen-bond donors (Lipinski definition) is 3. The molecule has 1 aromatic heterocycles. The highest BCUT2D eigenvalue weighted by Crippen LogP contribution is 2.22. The highest BCUT2D eigenvalue weighted by molar-refractivity contribution is 7.89. The Kier molecular flexibility index (Phi) is 3.44. The number of fused-ring (bicyclic) bond motifs is 1. The smallest absolute Gasteiger partial charge is 0.256 e. The molecule has 0 saturated carbocycles. The van der Waals surface area contributed by atoms with Crippen LogP contribution in [0.3, 0.4) is 0 Å². The fraction of sp³-hybridized carbons (Fsp3) is 0.250. The van der Waals surface area contributed by atoms with Crippen molar-refractivity contribution in [2.45, 2.75) is 17.7 Å². The molecular formula is C12H15N3O3S. The maximum atomic E-state index is 12.0. The van der Waals surface area contributed by atoms with Crippen LogP contribution in [0.4, 0.5) is 0 Å². The lowest BCUT2D eigenvalue weighted by molar-refractivity contribution is 0.598. The molecule has 102 valence electrons. The monoisotopic (exact) mass is 281 g/mol. The van der Waals surface area contributed by atoms with E-state index in [0.29, 0.717) is 23.0 Å². The molecule has 19 heavy (non-hydrogen) atoms. The maximum Gasteiger partial charge on any atom is 0.256 e. The van der Waals surface area contributed by atoms with E-state index in [1.807, 2.05) is 6.92 Å². The Labute approximate surface area is 110 Å². The zero-order valence-electron chi connectivity index (χ0n) is 10.4. The van der Waals surface area contributed by atoms with Gasteiger partial charge in [-0.05, 0) is 18.2 Å². The lowest BCUT2D eigenvalue weighted by Crippen LogP contribution is -2.18. The summed E-state index contributed by atoms with van der Waals surface area (Å²) >= 11 is 0. The van der Waals surface area contributed by atoms with Crippen molar-refractivity contribution < 1.29 is 8.42 Å². The molecule has 0 aliphatic carbocycles. The van der Waals surface area contributed by atoms with Gasteiger partial charge >= 0.3 is 0 Å². The fourth-order valence-corrected chi connectivity index (χ4v) is 2.67. The summed E-state index contributed by atoms with van der Waals surface area (Å²) in [7, 11) is -3.88. The minimum atomic E-state index is -3.88. The Morgan fingerprint density at radius 2 is 2.00 bits per heavy atom. The molecule has 0 amide bonds. The third-order valence-corrected chi connectivity index (χ3v) is 4.03. The van der Waals surface area contributed by atoms with E-state index in [1.54, 1.807) is 12.1 Å². The summed E-state index contributed by atoms with van der Waals surface area (Å²) in [5, 5.41) is 5.78. The first-order valence-electron chi connectivity index (χ1n) is 5.73. The van der Waals surface area contributed by atoms with Crippen LogP contribution in [0.1, 0.15) is 18.5 Å². The van der Waals surface area contributed by atoms with Crippen molar-refractivity contribution in [1.29, 1.82) is 0 Å². The molecule has 0 spiro atoms. The van der Waals surface area contributed by atoms with Crippen molar-refractivity contribution in [1.82, 2.24) is 4.98 Å². The van der Waals surface area contributed by atoms with E-state index in [-0.39, 0.29) is 16.4 Å². The van der Waals surface area contributed by atoms with Crippen LogP contribution in [0, 0.1) is 0 Å². The van der Waals surface area contributed by atoms with Crippen molar-refractivity contribution >= 4 is 20.8 Å². The van der Waals surface area contributed by atoms with E-state index in [2.05, 4.69) is 4.98 Å². The van der Waals surface area contributed by atoms with E-state index in [9.17, 15) is 13.2 Å². The summed E-state index contributed by atoms with van der Waals surface area (Å²) in [5.41, 5.74) is 5.80. The first-order chi connectivity index (χ1) is 8.84. The number of sulfonamides is 1. The molecule has 6 nitrogen and oxygen atoms in total. The van der Waals surface area contributed by atoms with Crippen molar-refractivity contribution in [3.05, 3.63) is 40.3 Å². The van der Waals surface area contributed by atoms with Crippen LogP contribution in [0.25, 0.3) is 10.8 Å². The Balaban J connectivity index is 2.88. The molecule has 1 atom stereocenters. The average Bonchev–Trinajstić information content (AvgIpc) is 2.35. The Morgan fingerprint density at radius 3 is 2.58 bits per heavy atom. The summed E-state index contributed by atoms with van der Waals surface area (Å²) < 4.78 is 23.1. The quantitative estimate of drug-likeness (QED) is 0.746. The van der Waals surface area contributed by atoms with Crippen molar-refractivity contribution in [2.75, 3.05) is 6.54 Å². The first-order valence-corrected chi connectivity index (χ1v) is 7.28. The number of hydrogen-bond acceptors (Lipinski definition) is 4. The average molecular weight is 281 g/mol. The van der Waals surface area contributed by atoms with Crippen LogP contribution in [0.15, 0.2) is 34.0 Å². The molecule has 0 fully saturated rings. The third kappa shape index (κ3) is 2.53. The molecule has 5 N–H and O–H groups in total. The zero-order chi connectivity index (χ0) is 14.2. The van der Waals surface area contributed by atoms with Gasteiger partial charge in [0.15, 0.2) is 0 Å². The number of benzene rings is 1. The second-order valence-electron chi connectivity index (χ2n) is 4.45. The van der Waals surface area contributed by atoms with Gasteiger partial charge in [-0.2, -0.15) is 0 Å². The van der Waals surface area contributed by atoms with E-state index in [4.69, 9.17) is 10.9 Å². The molecular weight excluding hydrogens is 266 g/mol. The van der Waals surface area contributed by atoms with Gasteiger partial charge in [-0.15, -0.1) is 0 Å². The van der Waals surface area contributed by atoms with Crippen LogP contribution in [0.2, 0.25) is 0 Å². The molecule has 0 saturated heterocycles. The molecule has 0 bridgehead atoms. The van der Waals surface area contributed by atoms with Gasteiger partial charge in [0.25, 0.3) is 5.56 Å². The predicted molar refractivity (Wildman–Crippen MR) is 73.4 cm³/mol. The van der Waals surface area contributed by atoms with Crippen molar-refractivity contribution in [3.63, 3.8) is 0 Å². The molecule has 0 aliphatic rings. The summed E-state index contributed by atoms with van der Waals surface area (Å²) in [6, 6.07) is 6.05. The van der Waals surface area contributed by atoms with Crippen molar-refractivity contribution in [3.8, 4) is 0 Å². The van der Waals surface area contributed by atoms with E-state index >= 15 is 0 Å². The highest BCUT2D eigenvalue weighted by atomic mass is 32.2. The normalized spacial score (nSPS) is 13.6. The molecule has 7 heteroatoms. The number of aromatic amines is 1. The third-order valence-electron chi connectivity index (χ3n) is 3.06. The van der Waals surface area contributed by atoms with Crippen LogP contribution in [-0.2, 0) is 10.0 Å². The lowest BCUT2D eigenvalue weighted by atomic mass is 10.0. The van der Waals surface area contributed by atoms with Crippen LogP contribution < -0.4 is 16.4 Å². The first kappa shape index (κ1) is 13.7. The summed E-state index contributed by atoms with van der Waals surface area (Å²) in [6.45, 7) is 2.19. The lowest BCUT2D eigenvalue weighted by Gasteiger charge is -2.11. The SMILES string of the molecule is CC(CN)c1cc2c(S(N)(=O)=O)cccc2c(=O)[nH]1. The van der Waals surface area contributed by atoms with Gasteiger partial charge in [-0.25, -0.2) is 13.6 Å². The van der Waals surface area contributed by atoms with Gasteiger partial charge in [0.2, 0.25) is 10.0 Å². The second-order valence-corrected chi connectivity index (χ2v) is 5.98. The standard InChI is InChI=1S/C12H15N3O3S/c1-7(6-13)10-5-9-8(12(16)15-10)3-2-4-11(9)19(14,17)18/h2-5,7H,6,13H2,1H3,(H,15,16)(H2,14,17,18). The van der Waals surface area contributed by atoms with Gasteiger partial charge in [0.1, 0.15) is 0 Å². The number of rotatable bonds is 3. The largest absolute Gasteiger partial charge is 0.330 e. The van der Waals surface area contributed by atoms with Gasteiger partial charge in [0.05, 0.1) is 4.90 Å². The molecule has 0 radical (unpaired) electrons. The van der Waals surface area contributed by atoms with Gasteiger partial charge in [-0.1, -0.05) is 13.0 Å². The molecule has 1 unspecified atom stereocenters. The Bertz CT molecular complexity index is 780. The summed E-state index contributed by atoms with van der Waals surface area (Å²) in [4.78, 5) is 14.6. The van der Waals surface area contributed by atoms with Gasteiger partial charge < -0.3 is 10.7 Å². The van der Waals surface area contributed by atoms with Crippen LogP contribution in [0.5, 0.6) is 0 Å². The Hall–Kier alpha value is -1.70. The van der Waals surface area contributed by atoms with E-state index < -0.39 is 10.0 Å². The maximum absolute atomic E-state index is 12.0. The number of aromatic nitrogens is 1. The Morgan fingerprint density at radius 1 is 1.32 bits per heavy atom. The number of H-pyrrole nitrogens is 1. The zero-order valence-corrected chi connectivity index (χ0v) is 11.2. The fourth-order valence-electron chi connectivity index (χ4n) is 1.92. The minimum absolute atomic E-state index is 0.0541. The minimum Gasteiger partial charge on any atom is -0.330 e. The van der Waals surface area contributed by atoms with Crippen LogP contribution >= 0.6 is 0 Å². The van der Waals surface area contributed by atoms with Gasteiger partial charge in [-0.3, -0.25) is 4.79 Å². The van der Waals surface area contributed by atoms with Gasteiger partial charge in [0, 0.05) is 28.9 Å². The van der Waals surface area contributed by atoms with E-state index in [1.165, 1.54) is 12.1 Å². The molecule has 2 rings (SSSR count). The molecule has 2 aromatic rings. The summed E-state index contributed by atoms with van der Waals surface area (Å²) in [6.07, 6.45) is 0. The number of pyridine rings is 1. The summed E-state index contributed by atoms with van der Waals surface area (Å²) in [5.74, 6) is -0.0781. The predicted octanol–water partition coefficient (Wildman–Crippen LogP) is 0.238. The highest BCUT2D eigenvalue weighted by Gasteiger charge is 2.15. The van der Waals surface area contributed by atoms with Crippen molar-refractivity contribution in [2.24, 2.45) is 10.9 Å². The number of nitrogens with one attached hydrogen (secondary N) is 1. The second kappa shape index (κ2) is 4.76. The van der Waals surface area contributed by atoms with E-state index in [0.717, 1.165) is 0 Å². The molecule has 1 aromatic carbocycles.